The molecule has 0 radical (unpaired) electrons. The maximum absolute atomic E-state index is 12.4. The van der Waals surface area contributed by atoms with Gasteiger partial charge in [-0.25, -0.2) is 14.8 Å². The number of anilines is 3. The number of amides is 1. The van der Waals surface area contributed by atoms with Gasteiger partial charge in [0.15, 0.2) is 0 Å². The minimum Gasteiger partial charge on any atom is -0.462 e. The van der Waals surface area contributed by atoms with Crippen LogP contribution in [0.15, 0.2) is 48.8 Å². The lowest BCUT2D eigenvalue weighted by Gasteiger charge is -2.11. The molecule has 0 spiro atoms. The summed E-state index contributed by atoms with van der Waals surface area (Å²) in [6.07, 6.45) is 1.02. The zero-order chi connectivity index (χ0) is 25.5. The number of halogens is 1. The quantitative estimate of drug-likeness (QED) is 0.220. The summed E-state index contributed by atoms with van der Waals surface area (Å²) in [4.78, 5) is 53.0. The van der Waals surface area contributed by atoms with E-state index in [4.69, 9.17) is 16.3 Å². The first-order valence-electron chi connectivity index (χ1n) is 9.75. The molecule has 0 bridgehead atoms. The average Bonchev–Trinajstić information content (AvgIpc) is 2.83. The summed E-state index contributed by atoms with van der Waals surface area (Å²) < 4.78 is 4.90. The fourth-order valence-corrected chi connectivity index (χ4v) is 2.94. The first-order valence-corrected chi connectivity index (χ1v) is 10.1. The summed E-state index contributed by atoms with van der Waals surface area (Å²) in [5.41, 5.74) is 3.99. The van der Waals surface area contributed by atoms with Gasteiger partial charge in [0.1, 0.15) is 11.3 Å². The third-order valence-corrected chi connectivity index (χ3v) is 4.68. The van der Waals surface area contributed by atoms with Crippen molar-refractivity contribution in [3.63, 3.8) is 0 Å². The molecule has 0 atom stereocenters. The van der Waals surface area contributed by atoms with Gasteiger partial charge >= 0.3 is 11.7 Å². The molecular weight excluding hydrogens is 486 g/mol. The Morgan fingerprint density at radius 3 is 2.29 bits per heavy atom. The zero-order valence-electron chi connectivity index (χ0n) is 17.9. The van der Waals surface area contributed by atoms with E-state index in [2.05, 4.69) is 26.1 Å². The van der Waals surface area contributed by atoms with Gasteiger partial charge in [-0.3, -0.25) is 35.9 Å². The average molecular weight is 502 g/mol. The summed E-state index contributed by atoms with van der Waals surface area (Å²) in [6, 6.07) is 9.32. The van der Waals surface area contributed by atoms with Gasteiger partial charge in [0.25, 0.3) is 11.6 Å². The largest absolute Gasteiger partial charge is 0.462 e. The Balaban J connectivity index is 1.79. The van der Waals surface area contributed by atoms with Crippen LogP contribution < -0.4 is 16.2 Å². The Labute approximate surface area is 201 Å². The van der Waals surface area contributed by atoms with E-state index in [1.54, 1.807) is 6.92 Å². The molecule has 1 heterocycles. The van der Waals surface area contributed by atoms with Crippen molar-refractivity contribution in [3.05, 3.63) is 85.2 Å². The van der Waals surface area contributed by atoms with Crippen LogP contribution in [0.1, 0.15) is 27.6 Å². The van der Waals surface area contributed by atoms with Gasteiger partial charge in [0.05, 0.1) is 22.0 Å². The van der Waals surface area contributed by atoms with E-state index in [9.17, 15) is 29.8 Å². The van der Waals surface area contributed by atoms with Crippen molar-refractivity contribution in [2.24, 2.45) is 0 Å². The predicted molar refractivity (Wildman–Crippen MR) is 124 cm³/mol. The van der Waals surface area contributed by atoms with Crippen molar-refractivity contribution in [1.29, 1.82) is 0 Å². The summed E-state index contributed by atoms with van der Waals surface area (Å²) in [5, 5.41) is 25.3. The van der Waals surface area contributed by atoms with Crippen molar-refractivity contribution < 1.29 is 24.2 Å². The third kappa shape index (κ3) is 5.94. The molecule has 1 aromatic heterocycles. The highest BCUT2D eigenvalue weighted by Crippen LogP contribution is 2.31. The van der Waals surface area contributed by atoms with Crippen LogP contribution in [0, 0.1) is 20.2 Å². The van der Waals surface area contributed by atoms with Crippen LogP contribution in [0.5, 0.6) is 0 Å². The summed E-state index contributed by atoms with van der Waals surface area (Å²) in [5.74, 6) is -1.90. The third-order valence-electron chi connectivity index (χ3n) is 4.36. The smallest absolute Gasteiger partial charge is 0.355 e. The van der Waals surface area contributed by atoms with Crippen molar-refractivity contribution in [2.45, 2.75) is 6.92 Å². The van der Waals surface area contributed by atoms with E-state index in [-0.39, 0.29) is 28.8 Å². The number of esters is 1. The summed E-state index contributed by atoms with van der Waals surface area (Å²) >= 11 is 5.74. The zero-order valence-corrected chi connectivity index (χ0v) is 18.6. The maximum atomic E-state index is 12.4. The maximum Gasteiger partial charge on any atom is 0.355 e. The van der Waals surface area contributed by atoms with Crippen LogP contribution >= 0.6 is 11.6 Å². The standard InChI is InChI=1S/C20H16ClN7O7/c1-2-35-20(30)11-3-6-13(7-4-11)24-17-16(28(33)34)18(23-10-22-17)25-26-19(29)12-5-8-14(21)15(9-12)27(31)32/h3-10H,2H2,1H3,(H,26,29)(H2,22,23,24,25). The molecule has 3 rings (SSSR count). The number of hydrogen-bond donors (Lipinski definition) is 3. The van der Waals surface area contributed by atoms with E-state index in [1.165, 1.54) is 36.4 Å². The number of aromatic nitrogens is 2. The second-order valence-electron chi connectivity index (χ2n) is 6.60. The number of nitrogens with zero attached hydrogens (tertiary/aromatic N) is 4. The normalized spacial score (nSPS) is 10.2. The minimum atomic E-state index is -0.832. The molecule has 0 aliphatic heterocycles. The molecule has 0 saturated heterocycles. The molecule has 15 heteroatoms. The van der Waals surface area contributed by atoms with E-state index < -0.39 is 33.1 Å². The van der Waals surface area contributed by atoms with Crippen molar-refractivity contribution in [3.8, 4) is 0 Å². The second kappa shape index (κ2) is 10.8. The van der Waals surface area contributed by atoms with Crippen molar-refractivity contribution in [2.75, 3.05) is 17.3 Å². The molecule has 0 fully saturated rings. The molecule has 0 aliphatic carbocycles. The van der Waals surface area contributed by atoms with Crippen molar-refractivity contribution >= 4 is 52.2 Å². The highest BCUT2D eigenvalue weighted by molar-refractivity contribution is 6.32. The van der Waals surface area contributed by atoms with Crippen LogP contribution in [0.25, 0.3) is 0 Å². The molecule has 14 nitrogen and oxygen atoms in total. The minimum absolute atomic E-state index is 0.120. The molecule has 0 aliphatic rings. The van der Waals surface area contributed by atoms with Gasteiger partial charge in [-0.15, -0.1) is 0 Å². The van der Waals surface area contributed by atoms with Crippen LogP contribution in [0.3, 0.4) is 0 Å². The molecule has 0 unspecified atom stereocenters. The van der Waals surface area contributed by atoms with Gasteiger partial charge < -0.3 is 10.1 Å². The topological polar surface area (TPSA) is 192 Å². The fourth-order valence-electron chi connectivity index (χ4n) is 2.76. The summed E-state index contributed by atoms with van der Waals surface area (Å²) in [7, 11) is 0. The van der Waals surface area contributed by atoms with Crippen LogP contribution in [-0.2, 0) is 4.74 Å². The summed E-state index contributed by atoms with van der Waals surface area (Å²) in [6.45, 7) is 1.89. The molecule has 3 aromatic rings. The van der Waals surface area contributed by atoms with E-state index in [1.807, 2.05) is 0 Å². The number of hydrogen-bond acceptors (Lipinski definition) is 11. The van der Waals surface area contributed by atoms with Crippen molar-refractivity contribution in [1.82, 2.24) is 15.4 Å². The number of ether oxygens (including phenoxy) is 1. The number of carbonyl (C=O) groups excluding carboxylic acids is 2. The lowest BCUT2D eigenvalue weighted by molar-refractivity contribution is -0.384. The molecule has 1 amide bonds. The Morgan fingerprint density at radius 1 is 1.00 bits per heavy atom. The number of nitro benzene ring substituents is 1. The number of nitro groups is 2. The molecule has 35 heavy (non-hydrogen) atoms. The number of nitrogens with one attached hydrogen (secondary N) is 3. The Morgan fingerprint density at radius 2 is 1.66 bits per heavy atom. The Kier molecular flexibility index (Phi) is 7.68. The van der Waals surface area contributed by atoms with Crippen LogP contribution in [0.2, 0.25) is 5.02 Å². The lowest BCUT2D eigenvalue weighted by Crippen LogP contribution is -2.30. The SMILES string of the molecule is CCOC(=O)c1ccc(Nc2ncnc(NNC(=O)c3ccc(Cl)c([N+](=O)[O-])c3)c2[N+](=O)[O-])cc1. The highest BCUT2D eigenvalue weighted by atomic mass is 35.5. The monoisotopic (exact) mass is 501 g/mol. The Bertz CT molecular complexity index is 1300. The van der Waals surface area contributed by atoms with Gasteiger partial charge in [-0.05, 0) is 43.3 Å². The van der Waals surface area contributed by atoms with Crippen LogP contribution in [-0.4, -0.2) is 38.3 Å². The number of hydrazine groups is 1. The first kappa shape index (κ1) is 24.8. The fraction of sp³-hybridized carbons (Fsp3) is 0.100. The first-order chi connectivity index (χ1) is 16.7. The predicted octanol–water partition coefficient (Wildman–Crippen LogP) is 3.62. The van der Waals surface area contributed by atoms with E-state index >= 15 is 0 Å². The van der Waals surface area contributed by atoms with E-state index in [0.29, 0.717) is 11.3 Å². The number of rotatable bonds is 9. The molecule has 2 aromatic carbocycles. The molecular formula is C20H16ClN7O7. The van der Waals surface area contributed by atoms with Gasteiger partial charge in [-0.2, -0.15) is 0 Å². The van der Waals surface area contributed by atoms with Gasteiger partial charge in [0.2, 0.25) is 11.6 Å². The molecule has 180 valence electrons. The Hall–Kier alpha value is -4.85. The number of carbonyl (C=O) groups is 2. The van der Waals surface area contributed by atoms with E-state index in [0.717, 1.165) is 12.4 Å². The lowest BCUT2D eigenvalue weighted by atomic mass is 10.2. The second-order valence-corrected chi connectivity index (χ2v) is 7.01. The van der Waals surface area contributed by atoms with Gasteiger partial charge in [-0.1, -0.05) is 11.6 Å². The molecule has 3 N–H and O–H groups in total. The van der Waals surface area contributed by atoms with Gasteiger partial charge in [0, 0.05) is 17.3 Å². The highest BCUT2D eigenvalue weighted by Gasteiger charge is 2.24. The number of benzene rings is 2. The van der Waals surface area contributed by atoms with Crippen LogP contribution in [0.4, 0.5) is 28.7 Å². The molecule has 0 saturated carbocycles.